The van der Waals surface area contributed by atoms with Gasteiger partial charge in [-0.2, -0.15) is 0 Å². The summed E-state index contributed by atoms with van der Waals surface area (Å²) in [4.78, 5) is 13.6. The molecule has 0 bridgehead atoms. The highest BCUT2D eigenvalue weighted by Crippen LogP contribution is 2.45. The first kappa shape index (κ1) is 20.9. The van der Waals surface area contributed by atoms with Crippen molar-refractivity contribution >= 4 is 17.2 Å². The van der Waals surface area contributed by atoms with E-state index in [4.69, 9.17) is 9.47 Å². The molecule has 6 nitrogen and oxygen atoms in total. The van der Waals surface area contributed by atoms with Gasteiger partial charge in [0.2, 0.25) is 0 Å². The average Bonchev–Trinajstić information content (AvgIpc) is 3.00. The van der Waals surface area contributed by atoms with Crippen molar-refractivity contribution in [2.24, 2.45) is 5.92 Å². The Morgan fingerprint density at radius 1 is 0.879 bits per heavy atom. The molecule has 5 rings (SSSR count). The molecule has 0 aromatic heterocycles. The minimum atomic E-state index is -0.407. The molecule has 0 amide bonds. The van der Waals surface area contributed by atoms with Gasteiger partial charge < -0.3 is 25.2 Å². The van der Waals surface area contributed by atoms with Crippen LogP contribution in [-0.2, 0) is 4.79 Å². The summed E-state index contributed by atoms with van der Waals surface area (Å²) in [7, 11) is 3.22. The van der Waals surface area contributed by atoms with Gasteiger partial charge in [0.05, 0.1) is 37.6 Å². The number of allylic oxidation sites excluding steroid dienone is 1. The van der Waals surface area contributed by atoms with Crippen molar-refractivity contribution in [2.45, 2.75) is 18.4 Å². The monoisotopic (exact) mass is 442 g/mol. The number of nitrogens with one attached hydrogen (secondary N) is 2. The summed E-state index contributed by atoms with van der Waals surface area (Å²) in [6.07, 6.45) is 2.52. The van der Waals surface area contributed by atoms with Crippen LogP contribution >= 0.6 is 0 Å². The van der Waals surface area contributed by atoms with Crippen molar-refractivity contribution in [2.75, 3.05) is 24.9 Å². The van der Waals surface area contributed by atoms with Gasteiger partial charge in [0, 0.05) is 18.0 Å². The Balaban J connectivity index is 1.60. The number of rotatable bonds is 4. The Morgan fingerprint density at radius 2 is 1.67 bits per heavy atom. The van der Waals surface area contributed by atoms with Gasteiger partial charge >= 0.3 is 0 Å². The molecule has 33 heavy (non-hydrogen) atoms. The van der Waals surface area contributed by atoms with E-state index < -0.39 is 5.92 Å². The zero-order chi connectivity index (χ0) is 22.9. The molecule has 168 valence electrons. The fourth-order valence-electron chi connectivity index (χ4n) is 4.80. The molecule has 2 aliphatic rings. The molecule has 1 heterocycles. The van der Waals surface area contributed by atoms with Crippen LogP contribution in [0.25, 0.3) is 0 Å². The lowest BCUT2D eigenvalue weighted by molar-refractivity contribution is -0.122. The van der Waals surface area contributed by atoms with Crippen molar-refractivity contribution in [3.05, 3.63) is 89.6 Å². The molecule has 3 N–H and O–H groups in total. The highest BCUT2D eigenvalue weighted by Gasteiger charge is 2.40. The van der Waals surface area contributed by atoms with Crippen LogP contribution in [0.2, 0.25) is 0 Å². The number of carbonyl (C=O) groups excluding carboxylic acids is 1. The standard InChI is InChI=1S/C27H26N2O4/c1-32-24-11-10-16(15-25(24)33-2)18-13-22-26(23(31)14-18)27(17-6-5-7-19(30)12-17)29-21-9-4-3-8-20(21)28-22/h3-13,15,18,26-30H,14H2,1-2H3. The number of aromatic hydroxyl groups is 1. The topological polar surface area (TPSA) is 79.8 Å². The third kappa shape index (κ3) is 3.89. The summed E-state index contributed by atoms with van der Waals surface area (Å²) in [6, 6.07) is 20.5. The van der Waals surface area contributed by atoms with E-state index in [1.807, 2.05) is 48.5 Å². The molecule has 6 heteroatoms. The van der Waals surface area contributed by atoms with Crippen molar-refractivity contribution in [3.8, 4) is 17.2 Å². The third-order valence-corrected chi connectivity index (χ3v) is 6.40. The highest BCUT2D eigenvalue weighted by molar-refractivity contribution is 5.90. The van der Waals surface area contributed by atoms with Gasteiger partial charge in [-0.1, -0.05) is 36.4 Å². The Labute approximate surface area is 192 Å². The maximum absolute atomic E-state index is 13.6. The number of hydrogen-bond donors (Lipinski definition) is 3. The number of benzene rings is 3. The number of ether oxygens (including phenoxy) is 2. The molecule has 3 unspecified atom stereocenters. The van der Waals surface area contributed by atoms with E-state index in [1.54, 1.807) is 32.4 Å². The maximum Gasteiger partial charge on any atom is 0.161 e. The van der Waals surface area contributed by atoms with Gasteiger partial charge in [-0.15, -0.1) is 0 Å². The van der Waals surface area contributed by atoms with Crippen LogP contribution in [-0.4, -0.2) is 25.1 Å². The lowest BCUT2D eigenvalue weighted by Crippen LogP contribution is -2.33. The van der Waals surface area contributed by atoms with Gasteiger partial charge in [0.1, 0.15) is 11.5 Å². The summed E-state index contributed by atoms with van der Waals surface area (Å²) in [5.41, 5.74) is 4.54. The molecule has 0 saturated heterocycles. The Morgan fingerprint density at radius 3 is 2.42 bits per heavy atom. The molecule has 0 radical (unpaired) electrons. The van der Waals surface area contributed by atoms with Crippen LogP contribution in [0.4, 0.5) is 11.4 Å². The van der Waals surface area contributed by atoms with E-state index in [2.05, 4.69) is 16.7 Å². The molecule has 3 aromatic carbocycles. The molecular weight excluding hydrogens is 416 g/mol. The average molecular weight is 443 g/mol. The van der Waals surface area contributed by atoms with E-state index in [1.165, 1.54) is 0 Å². The maximum atomic E-state index is 13.6. The van der Waals surface area contributed by atoms with Crippen LogP contribution in [0.15, 0.2) is 78.5 Å². The van der Waals surface area contributed by atoms with E-state index in [-0.39, 0.29) is 23.5 Å². The predicted octanol–water partition coefficient (Wildman–Crippen LogP) is 5.24. The van der Waals surface area contributed by atoms with E-state index in [0.717, 1.165) is 28.2 Å². The predicted molar refractivity (Wildman–Crippen MR) is 128 cm³/mol. The minimum Gasteiger partial charge on any atom is -0.508 e. The highest BCUT2D eigenvalue weighted by atomic mass is 16.5. The van der Waals surface area contributed by atoms with Crippen LogP contribution in [0, 0.1) is 5.92 Å². The van der Waals surface area contributed by atoms with E-state index in [0.29, 0.717) is 17.9 Å². The smallest absolute Gasteiger partial charge is 0.161 e. The zero-order valence-corrected chi connectivity index (χ0v) is 18.5. The fraction of sp³-hybridized carbons (Fsp3) is 0.222. The number of anilines is 2. The normalized spacial score (nSPS) is 21.5. The number of fused-ring (bicyclic) bond motifs is 2. The van der Waals surface area contributed by atoms with Gasteiger partial charge in [0.15, 0.2) is 11.5 Å². The molecule has 0 saturated carbocycles. The second-order valence-corrected chi connectivity index (χ2v) is 8.38. The van der Waals surface area contributed by atoms with Crippen molar-refractivity contribution in [1.82, 2.24) is 0 Å². The lowest BCUT2D eigenvalue weighted by Gasteiger charge is -2.32. The SMILES string of the molecule is COc1ccc(C2C=C3Nc4ccccc4NC(c4cccc(O)c4)C3C(=O)C2)cc1OC. The summed E-state index contributed by atoms with van der Waals surface area (Å²) in [6.45, 7) is 0. The fourth-order valence-corrected chi connectivity index (χ4v) is 4.80. The second-order valence-electron chi connectivity index (χ2n) is 8.38. The van der Waals surface area contributed by atoms with E-state index in [9.17, 15) is 9.90 Å². The van der Waals surface area contributed by atoms with Crippen LogP contribution in [0.5, 0.6) is 17.2 Å². The van der Waals surface area contributed by atoms with Gasteiger partial charge in [0.25, 0.3) is 0 Å². The Kier molecular flexibility index (Phi) is 5.42. The Bertz CT molecular complexity index is 1240. The molecule has 0 spiro atoms. The molecule has 1 aliphatic carbocycles. The largest absolute Gasteiger partial charge is 0.508 e. The summed E-state index contributed by atoms with van der Waals surface area (Å²) >= 11 is 0. The summed E-state index contributed by atoms with van der Waals surface area (Å²) < 4.78 is 10.8. The van der Waals surface area contributed by atoms with Crippen LogP contribution < -0.4 is 20.1 Å². The van der Waals surface area contributed by atoms with Gasteiger partial charge in [-0.05, 0) is 47.5 Å². The quantitative estimate of drug-likeness (QED) is 0.513. The number of hydrogen-bond acceptors (Lipinski definition) is 6. The van der Waals surface area contributed by atoms with Crippen molar-refractivity contribution in [3.63, 3.8) is 0 Å². The number of ketones is 1. The summed E-state index contributed by atoms with van der Waals surface area (Å²) in [5.74, 6) is 1.11. The Hall–Kier alpha value is -3.93. The first-order valence-corrected chi connectivity index (χ1v) is 10.9. The first-order valence-electron chi connectivity index (χ1n) is 10.9. The van der Waals surface area contributed by atoms with Crippen molar-refractivity contribution in [1.29, 1.82) is 0 Å². The third-order valence-electron chi connectivity index (χ3n) is 6.40. The molecular formula is C27H26N2O4. The number of methoxy groups -OCH3 is 2. The second kappa shape index (κ2) is 8.54. The summed E-state index contributed by atoms with van der Waals surface area (Å²) in [5, 5.41) is 17.2. The minimum absolute atomic E-state index is 0.0915. The molecule has 3 atom stereocenters. The van der Waals surface area contributed by atoms with E-state index >= 15 is 0 Å². The lowest BCUT2D eigenvalue weighted by atomic mass is 9.76. The molecule has 3 aromatic rings. The van der Waals surface area contributed by atoms with Gasteiger partial charge in [-0.3, -0.25) is 4.79 Å². The number of Topliss-reactive ketones (excluding diaryl/α,β-unsaturated/α-hetero) is 1. The number of phenols is 1. The number of phenolic OH excluding ortho intramolecular Hbond substituents is 1. The van der Waals surface area contributed by atoms with Gasteiger partial charge in [-0.25, -0.2) is 0 Å². The number of carbonyl (C=O) groups is 1. The van der Waals surface area contributed by atoms with Crippen molar-refractivity contribution < 1.29 is 19.4 Å². The van der Waals surface area contributed by atoms with Crippen LogP contribution in [0.1, 0.15) is 29.5 Å². The molecule has 1 aliphatic heterocycles. The molecule has 0 fully saturated rings. The first-order chi connectivity index (χ1) is 16.1. The van der Waals surface area contributed by atoms with Crippen LogP contribution in [0.3, 0.4) is 0 Å². The number of para-hydroxylation sites is 2. The zero-order valence-electron chi connectivity index (χ0n) is 18.5.